The molecule has 136 valence electrons. The Morgan fingerprint density at radius 2 is 2.19 bits per heavy atom. The predicted molar refractivity (Wildman–Crippen MR) is 98.6 cm³/mol. The van der Waals surface area contributed by atoms with Crippen molar-refractivity contribution in [3.63, 3.8) is 0 Å². The summed E-state index contributed by atoms with van der Waals surface area (Å²) in [4.78, 5) is 18.5. The van der Waals surface area contributed by atoms with Gasteiger partial charge in [0.05, 0.1) is 31.1 Å². The Kier molecular flexibility index (Phi) is 3.60. The number of hydrogen-bond donors (Lipinski definition) is 1. The maximum absolute atomic E-state index is 12.3. The summed E-state index contributed by atoms with van der Waals surface area (Å²) in [7, 11) is 1.45. The number of esters is 1. The minimum Gasteiger partial charge on any atom is -0.497 e. The zero-order chi connectivity index (χ0) is 17.8. The first-order valence-corrected chi connectivity index (χ1v) is 9.44. The van der Waals surface area contributed by atoms with Gasteiger partial charge in [0.15, 0.2) is 0 Å². The van der Waals surface area contributed by atoms with Crippen LogP contribution in [-0.4, -0.2) is 42.2 Å². The molecular formula is C21H24N2O3. The first kappa shape index (κ1) is 15.9. The Labute approximate surface area is 153 Å². The molecule has 0 spiro atoms. The number of aromatic amines is 1. The number of nitrogens with zero attached hydrogens (tertiary/aromatic N) is 1. The number of carbonyl (C=O) groups is 1. The van der Waals surface area contributed by atoms with Crippen LogP contribution in [-0.2, 0) is 20.7 Å². The van der Waals surface area contributed by atoms with E-state index in [0.29, 0.717) is 17.5 Å². The van der Waals surface area contributed by atoms with Crippen molar-refractivity contribution < 1.29 is 14.3 Å². The van der Waals surface area contributed by atoms with Crippen molar-refractivity contribution in [2.45, 2.75) is 31.9 Å². The average molecular weight is 352 g/mol. The second kappa shape index (κ2) is 5.88. The van der Waals surface area contributed by atoms with Gasteiger partial charge in [0, 0.05) is 41.5 Å². The van der Waals surface area contributed by atoms with E-state index in [4.69, 9.17) is 9.47 Å². The Morgan fingerprint density at radius 3 is 3.04 bits per heavy atom. The third-order valence-corrected chi connectivity index (χ3v) is 6.54. The molecule has 3 aliphatic rings. The van der Waals surface area contributed by atoms with E-state index in [9.17, 15) is 4.79 Å². The summed E-state index contributed by atoms with van der Waals surface area (Å²) < 4.78 is 10.8. The molecule has 1 saturated heterocycles. The van der Waals surface area contributed by atoms with Crippen LogP contribution in [0.4, 0.5) is 0 Å². The van der Waals surface area contributed by atoms with Crippen LogP contribution in [0, 0.1) is 11.8 Å². The topological polar surface area (TPSA) is 54.6 Å². The minimum atomic E-state index is -0.256. The lowest BCUT2D eigenvalue weighted by Crippen LogP contribution is -2.51. The molecule has 5 nitrogen and oxygen atoms in total. The smallest absolute Gasteiger partial charge is 0.337 e. The Hall–Kier alpha value is -2.27. The van der Waals surface area contributed by atoms with Crippen molar-refractivity contribution in [2.75, 3.05) is 20.2 Å². The SMILES string of the molecule is COC(=O)C1=CO[C@@H](C)C2CN3CCc4c([nH]c5ccccc45)C3CC12. The van der Waals surface area contributed by atoms with Gasteiger partial charge < -0.3 is 14.5 Å². The van der Waals surface area contributed by atoms with Crippen LogP contribution < -0.4 is 0 Å². The molecule has 5 heteroatoms. The molecule has 0 saturated carbocycles. The zero-order valence-electron chi connectivity index (χ0n) is 15.2. The highest BCUT2D eigenvalue weighted by Gasteiger charge is 2.46. The molecule has 2 aromatic rings. The normalized spacial score (nSPS) is 30.6. The Bertz CT molecular complexity index is 900. The van der Waals surface area contributed by atoms with E-state index in [1.165, 1.54) is 29.3 Å². The lowest BCUT2D eigenvalue weighted by Gasteiger charge is -2.49. The second-order valence-electron chi connectivity index (χ2n) is 7.74. The quantitative estimate of drug-likeness (QED) is 0.801. The molecule has 0 radical (unpaired) electrons. The van der Waals surface area contributed by atoms with Gasteiger partial charge in [0.1, 0.15) is 0 Å². The highest BCUT2D eigenvalue weighted by atomic mass is 16.5. The van der Waals surface area contributed by atoms with E-state index < -0.39 is 0 Å². The summed E-state index contributed by atoms with van der Waals surface area (Å²) in [5.41, 5.74) is 4.69. The van der Waals surface area contributed by atoms with Gasteiger partial charge in [-0.25, -0.2) is 4.79 Å². The number of methoxy groups -OCH3 is 1. The molecule has 26 heavy (non-hydrogen) atoms. The zero-order valence-corrected chi connectivity index (χ0v) is 15.2. The van der Waals surface area contributed by atoms with Gasteiger partial charge >= 0.3 is 5.97 Å². The lowest BCUT2D eigenvalue weighted by molar-refractivity contribution is -0.139. The molecule has 1 aromatic carbocycles. The molecule has 0 aliphatic carbocycles. The second-order valence-corrected chi connectivity index (χ2v) is 7.74. The van der Waals surface area contributed by atoms with Crippen molar-refractivity contribution >= 4 is 16.9 Å². The van der Waals surface area contributed by atoms with Gasteiger partial charge in [-0.05, 0) is 31.4 Å². The van der Waals surface area contributed by atoms with Gasteiger partial charge in [0.25, 0.3) is 0 Å². The summed E-state index contributed by atoms with van der Waals surface area (Å²) in [6.45, 7) is 4.13. The van der Waals surface area contributed by atoms with Crippen molar-refractivity contribution in [2.24, 2.45) is 11.8 Å². The Balaban J connectivity index is 1.55. The largest absolute Gasteiger partial charge is 0.497 e. The van der Waals surface area contributed by atoms with Crippen LogP contribution in [0.2, 0.25) is 0 Å². The van der Waals surface area contributed by atoms with Crippen LogP contribution in [0.1, 0.15) is 30.6 Å². The fourth-order valence-electron chi connectivity index (χ4n) is 5.19. The van der Waals surface area contributed by atoms with E-state index in [0.717, 1.165) is 25.9 Å². The summed E-state index contributed by atoms with van der Waals surface area (Å²) in [5.74, 6) is 0.258. The van der Waals surface area contributed by atoms with Crippen LogP contribution >= 0.6 is 0 Å². The highest BCUT2D eigenvalue weighted by molar-refractivity contribution is 5.89. The number of para-hydroxylation sites is 1. The summed E-state index contributed by atoms with van der Waals surface area (Å²) in [6.07, 6.45) is 3.77. The molecule has 1 fully saturated rings. The first-order valence-electron chi connectivity index (χ1n) is 9.44. The number of benzene rings is 1. The number of fused-ring (bicyclic) bond motifs is 6. The summed E-state index contributed by atoms with van der Waals surface area (Å²) in [5, 5.41) is 1.34. The molecule has 1 aromatic heterocycles. The molecule has 0 amide bonds. The van der Waals surface area contributed by atoms with Crippen molar-refractivity contribution in [1.82, 2.24) is 9.88 Å². The van der Waals surface area contributed by atoms with Crippen LogP contribution in [0.15, 0.2) is 36.1 Å². The monoisotopic (exact) mass is 352 g/mol. The number of carbonyl (C=O) groups excluding carboxylic acids is 1. The standard InChI is InChI=1S/C21H24N2O3/c1-12-16-10-23-8-7-14-13-5-3-4-6-18(13)22-20(14)19(23)9-15(16)17(11-26-12)21(24)25-2/h3-6,11-12,15-16,19,22H,7-10H2,1-2H3/t12-,15?,16?,19?/m0/s1. The van der Waals surface area contributed by atoms with Gasteiger partial charge in [-0.1, -0.05) is 18.2 Å². The average Bonchev–Trinajstić information content (AvgIpc) is 3.06. The fraction of sp³-hybridized carbons (Fsp3) is 0.476. The molecule has 3 aliphatic heterocycles. The van der Waals surface area contributed by atoms with E-state index in [1.54, 1.807) is 6.26 Å². The fourth-order valence-corrected chi connectivity index (χ4v) is 5.19. The molecule has 4 atom stereocenters. The highest BCUT2D eigenvalue weighted by Crippen LogP contribution is 2.47. The van der Waals surface area contributed by atoms with E-state index in [1.807, 2.05) is 0 Å². The van der Waals surface area contributed by atoms with Gasteiger partial charge in [-0.3, -0.25) is 4.90 Å². The Morgan fingerprint density at radius 1 is 1.35 bits per heavy atom. The maximum atomic E-state index is 12.3. The van der Waals surface area contributed by atoms with Crippen molar-refractivity contribution in [1.29, 1.82) is 0 Å². The molecule has 3 unspecified atom stereocenters. The van der Waals surface area contributed by atoms with Crippen LogP contribution in [0.3, 0.4) is 0 Å². The van der Waals surface area contributed by atoms with Crippen LogP contribution in [0.25, 0.3) is 10.9 Å². The lowest BCUT2D eigenvalue weighted by atomic mass is 9.72. The number of nitrogens with one attached hydrogen (secondary N) is 1. The number of ether oxygens (including phenoxy) is 2. The molecular weight excluding hydrogens is 328 g/mol. The summed E-state index contributed by atoms with van der Waals surface area (Å²) in [6, 6.07) is 8.88. The molecule has 4 heterocycles. The van der Waals surface area contributed by atoms with Gasteiger partial charge in [-0.2, -0.15) is 0 Å². The molecule has 0 bridgehead atoms. The van der Waals surface area contributed by atoms with E-state index >= 15 is 0 Å². The third-order valence-electron chi connectivity index (χ3n) is 6.54. The molecule has 1 N–H and O–H groups in total. The predicted octanol–water partition coefficient (Wildman–Crippen LogP) is 3.18. The van der Waals surface area contributed by atoms with E-state index in [-0.39, 0.29) is 18.0 Å². The number of piperidine rings is 1. The van der Waals surface area contributed by atoms with Gasteiger partial charge in [-0.15, -0.1) is 0 Å². The first-order chi connectivity index (χ1) is 12.7. The third kappa shape index (κ3) is 2.23. The van der Waals surface area contributed by atoms with Gasteiger partial charge in [0.2, 0.25) is 0 Å². The van der Waals surface area contributed by atoms with Crippen LogP contribution in [0.5, 0.6) is 0 Å². The maximum Gasteiger partial charge on any atom is 0.337 e. The number of H-pyrrole nitrogens is 1. The molecule has 5 rings (SSSR count). The number of aromatic nitrogens is 1. The minimum absolute atomic E-state index is 0.124. The number of rotatable bonds is 1. The number of hydrogen-bond acceptors (Lipinski definition) is 4. The summed E-state index contributed by atoms with van der Waals surface area (Å²) >= 11 is 0. The van der Waals surface area contributed by atoms with Crippen molar-refractivity contribution in [3.05, 3.63) is 47.4 Å². The van der Waals surface area contributed by atoms with Crippen molar-refractivity contribution in [3.8, 4) is 0 Å². The van der Waals surface area contributed by atoms with E-state index in [2.05, 4.69) is 41.1 Å².